The number of ether oxygens (including phenoxy) is 1. The number of nitrogens with one attached hydrogen (secondary N) is 1. The lowest BCUT2D eigenvalue weighted by atomic mass is 9.80. The lowest BCUT2D eigenvalue weighted by molar-refractivity contribution is 0.240. The highest BCUT2D eigenvalue weighted by atomic mass is 16.5. The van der Waals surface area contributed by atoms with E-state index in [0.717, 1.165) is 37.0 Å². The first-order chi connectivity index (χ1) is 10.3. The van der Waals surface area contributed by atoms with Crippen LogP contribution in [-0.2, 0) is 6.42 Å². The first-order valence-electron chi connectivity index (χ1n) is 8.77. The Morgan fingerprint density at radius 2 is 2.14 bits per heavy atom. The average Bonchev–Trinajstić information content (AvgIpc) is 2.97. The Bertz CT molecular complexity index is 471. The van der Waals surface area contributed by atoms with Crippen LogP contribution in [0.3, 0.4) is 0 Å². The molecule has 1 aliphatic heterocycles. The molecule has 0 saturated heterocycles. The van der Waals surface area contributed by atoms with Crippen LogP contribution in [0.1, 0.15) is 63.1 Å². The first-order valence-corrected chi connectivity index (χ1v) is 8.77. The summed E-state index contributed by atoms with van der Waals surface area (Å²) in [5.74, 6) is 2.84. The highest BCUT2D eigenvalue weighted by Gasteiger charge is 2.22. The molecule has 0 bridgehead atoms. The van der Waals surface area contributed by atoms with Gasteiger partial charge >= 0.3 is 0 Å². The molecular weight excluding hydrogens is 258 g/mol. The van der Waals surface area contributed by atoms with E-state index in [9.17, 15) is 0 Å². The molecule has 116 valence electrons. The molecule has 21 heavy (non-hydrogen) atoms. The molecule has 1 aliphatic carbocycles. The Labute approximate surface area is 129 Å². The molecule has 1 aromatic rings. The summed E-state index contributed by atoms with van der Waals surface area (Å²) in [6.45, 7) is 6.74. The van der Waals surface area contributed by atoms with Gasteiger partial charge in [-0.2, -0.15) is 0 Å². The molecule has 2 nitrogen and oxygen atoms in total. The molecule has 2 aliphatic rings. The summed E-state index contributed by atoms with van der Waals surface area (Å²) in [7, 11) is 0. The van der Waals surface area contributed by atoms with E-state index < -0.39 is 0 Å². The van der Waals surface area contributed by atoms with Gasteiger partial charge in [0.15, 0.2) is 0 Å². The topological polar surface area (TPSA) is 21.3 Å². The summed E-state index contributed by atoms with van der Waals surface area (Å²) >= 11 is 0. The fourth-order valence-corrected chi connectivity index (χ4v) is 3.91. The van der Waals surface area contributed by atoms with E-state index >= 15 is 0 Å². The third-order valence-corrected chi connectivity index (χ3v) is 5.44. The number of benzene rings is 1. The summed E-state index contributed by atoms with van der Waals surface area (Å²) in [5.41, 5.74) is 2.82. The predicted molar refractivity (Wildman–Crippen MR) is 87.8 cm³/mol. The lowest BCUT2D eigenvalue weighted by Gasteiger charge is -2.30. The van der Waals surface area contributed by atoms with Crippen LogP contribution in [0.25, 0.3) is 0 Å². The Hall–Kier alpha value is -1.02. The normalized spacial score (nSPS) is 26.2. The van der Waals surface area contributed by atoms with Crippen molar-refractivity contribution in [3.05, 3.63) is 29.3 Å². The van der Waals surface area contributed by atoms with Gasteiger partial charge in [0.1, 0.15) is 5.75 Å². The van der Waals surface area contributed by atoms with Crippen LogP contribution in [-0.4, -0.2) is 13.2 Å². The van der Waals surface area contributed by atoms with Crippen molar-refractivity contribution in [2.45, 2.75) is 58.4 Å². The van der Waals surface area contributed by atoms with Crippen molar-refractivity contribution in [2.75, 3.05) is 13.2 Å². The van der Waals surface area contributed by atoms with Crippen LogP contribution < -0.4 is 10.1 Å². The maximum Gasteiger partial charge on any atom is 0.122 e. The van der Waals surface area contributed by atoms with Gasteiger partial charge in [0, 0.05) is 12.5 Å². The van der Waals surface area contributed by atoms with Crippen molar-refractivity contribution < 1.29 is 4.74 Å². The molecule has 3 unspecified atom stereocenters. The van der Waals surface area contributed by atoms with Crippen molar-refractivity contribution in [2.24, 2.45) is 11.8 Å². The zero-order valence-corrected chi connectivity index (χ0v) is 13.5. The molecule has 0 radical (unpaired) electrons. The van der Waals surface area contributed by atoms with Crippen LogP contribution in [0, 0.1) is 11.8 Å². The zero-order valence-electron chi connectivity index (χ0n) is 13.5. The molecule has 2 heteroatoms. The van der Waals surface area contributed by atoms with Crippen molar-refractivity contribution in [1.29, 1.82) is 0 Å². The second-order valence-corrected chi connectivity index (χ2v) is 6.86. The number of hydrogen-bond acceptors (Lipinski definition) is 2. The van der Waals surface area contributed by atoms with Crippen LogP contribution in [0.2, 0.25) is 0 Å². The van der Waals surface area contributed by atoms with E-state index in [4.69, 9.17) is 4.74 Å². The van der Waals surface area contributed by atoms with E-state index in [2.05, 4.69) is 37.4 Å². The number of rotatable bonds is 5. The van der Waals surface area contributed by atoms with Crippen LogP contribution >= 0.6 is 0 Å². The molecule has 1 saturated carbocycles. The summed E-state index contributed by atoms with van der Waals surface area (Å²) in [5, 5.41) is 3.84. The average molecular weight is 287 g/mol. The van der Waals surface area contributed by atoms with Gasteiger partial charge in [0.05, 0.1) is 6.61 Å². The zero-order chi connectivity index (χ0) is 14.7. The molecule has 0 amide bonds. The molecule has 3 atom stereocenters. The fourth-order valence-electron chi connectivity index (χ4n) is 3.91. The smallest absolute Gasteiger partial charge is 0.122 e. The largest absolute Gasteiger partial charge is 0.493 e. The summed E-state index contributed by atoms with van der Waals surface area (Å²) in [6.07, 6.45) is 7.89. The standard InChI is InChI=1S/C19H29NO/c1-3-18(20-13-17-7-5-4-6-14(17)2)15-8-9-19-16(12-15)10-11-21-19/h8-9,12,14,17-18,20H,3-7,10-11,13H2,1-2H3. The number of hydrogen-bond donors (Lipinski definition) is 1. The van der Waals surface area contributed by atoms with Gasteiger partial charge in [-0.05, 0) is 48.4 Å². The van der Waals surface area contributed by atoms with Gasteiger partial charge in [0.25, 0.3) is 0 Å². The molecule has 0 aromatic heterocycles. The monoisotopic (exact) mass is 287 g/mol. The SMILES string of the molecule is CCC(NCC1CCCCC1C)c1ccc2c(c1)CCO2. The van der Waals surface area contributed by atoms with E-state index in [-0.39, 0.29) is 0 Å². The van der Waals surface area contributed by atoms with Gasteiger partial charge in [0.2, 0.25) is 0 Å². The summed E-state index contributed by atoms with van der Waals surface area (Å²) in [4.78, 5) is 0. The second-order valence-electron chi connectivity index (χ2n) is 6.86. The lowest BCUT2D eigenvalue weighted by Crippen LogP contribution is -2.31. The molecule has 1 aromatic carbocycles. The van der Waals surface area contributed by atoms with Crippen molar-refractivity contribution >= 4 is 0 Å². The summed E-state index contributed by atoms with van der Waals surface area (Å²) in [6, 6.07) is 7.25. The Morgan fingerprint density at radius 1 is 1.29 bits per heavy atom. The third-order valence-electron chi connectivity index (χ3n) is 5.44. The Morgan fingerprint density at radius 3 is 2.95 bits per heavy atom. The maximum absolute atomic E-state index is 5.62. The van der Waals surface area contributed by atoms with Crippen molar-refractivity contribution in [1.82, 2.24) is 5.32 Å². The van der Waals surface area contributed by atoms with E-state index in [1.165, 1.54) is 43.4 Å². The summed E-state index contributed by atoms with van der Waals surface area (Å²) < 4.78 is 5.62. The highest BCUT2D eigenvalue weighted by Crippen LogP contribution is 2.31. The molecule has 1 fully saturated rings. The van der Waals surface area contributed by atoms with E-state index in [1.54, 1.807) is 0 Å². The van der Waals surface area contributed by atoms with Gasteiger partial charge < -0.3 is 10.1 Å². The molecule has 1 heterocycles. The van der Waals surface area contributed by atoms with Gasteiger partial charge in [-0.1, -0.05) is 45.2 Å². The van der Waals surface area contributed by atoms with Crippen molar-refractivity contribution in [3.63, 3.8) is 0 Å². The first kappa shape index (κ1) is 14.9. The Balaban J connectivity index is 1.62. The van der Waals surface area contributed by atoms with Crippen LogP contribution in [0.15, 0.2) is 18.2 Å². The molecule has 3 rings (SSSR count). The van der Waals surface area contributed by atoms with E-state index in [1.807, 2.05) is 0 Å². The van der Waals surface area contributed by atoms with E-state index in [0.29, 0.717) is 6.04 Å². The van der Waals surface area contributed by atoms with Crippen LogP contribution in [0.5, 0.6) is 5.75 Å². The van der Waals surface area contributed by atoms with Gasteiger partial charge in [-0.3, -0.25) is 0 Å². The Kier molecular flexibility index (Phi) is 4.84. The van der Waals surface area contributed by atoms with Crippen molar-refractivity contribution in [3.8, 4) is 5.75 Å². The maximum atomic E-state index is 5.62. The number of fused-ring (bicyclic) bond motifs is 1. The minimum absolute atomic E-state index is 0.491. The molecule has 0 spiro atoms. The minimum atomic E-state index is 0.491. The highest BCUT2D eigenvalue weighted by molar-refractivity contribution is 5.40. The quantitative estimate of drug-likeness (QED) is 0.861. The minimum Gasteiger partial charge on any atom is -0.493 e. The predicted octanol–water partition coefficient (Wildman–Crippen LogP) is 4.49. The second kappa shape index (κ2) is 6.83. The van der Waals surface area contributed by atoms with Crippen LogP contribution in [0.4, 0.5) is 0 Å². The van der Waals surface area contributed by atoms with Gasteiger partial charge in [-0.25, -0.2) is 0 Å². The third kappa shape index (κ3) is 3.42. The molecule has 1 N–H and O–H groups in total. The molecular formula is C19H29NO. The fraction of sp³-hybridized carbons (Fsp3) is 0.684. The van der Waals surface area contributed by atoms with Gasteiger partial charge in [-0.15, -0.1) is 0 Å².